The average Bonchev–Trinajstić information content (AvgIpc) is 3.13. The van der Waals surface area contributed by atoms with Crippen molar-refractivity contribution < 1.29 is 14.6 Å². The van der Waals surface area contributed by atoms with E-state index in [0.717, 1.165) is 25.2 Å². The van der Waals surface area contributed by atoms with Gasteiger partial charge in [0.25, 0.3) is 0 Å². The monoisotopic (exact) mass is 355 g/mol. The van der Waals surface area contributed by atoms with Gasteiger partial charge in [0, 0.05) is 18.8 Å². The Labute approximate surface area is 153 Å². The summed E-state index contributed by atoms with van der Waals surface area (Å²) < 4.78 is 7.94. The first-order valence-corrected chi connectivity index (χ1v) is 8.89. The smallest absolute Gasteiger partial charge is 0.157 e. The van der Waals surface area contributed by atoms with Gasteiger partial charge in [-0.05, 0) is 62.6 Å². The molecule has 0 aliphatic carbocycles. The number of nitrogens with one attached hydrogen (secondary N) is 1. The Morgan fingerprint density at radius 3 is 2.92 bits per heavy atom. The van der Waals surface area contributed by atoms with Crippen LogP contribution >= 0.6 is 0 Å². The molecule has 0 saturated heterocycles. The first kappa shape index (κ1) is 18.2. The Bertz CT molecular complexity index is 837. The third-order valence-electron chi connectivity index (χ3n) is 4.70. The van der Waals surface area contributed by atoms with Crippen molar-refractivity contribution in [2.24, 2.45) is 0 Å². The van der Waals surface area contributed by atoms with Gasteiger partial charge in [0.2, 0.25) is 0 Å². The molecule has 0 unspecified atom stereocenters. The van der Waals surface area contributed by atoms with Crippen molar-refractivity contribution in [3.63, 3.8) is 0 Å². The van der Waals surface area contributed by atoms with E-state index in [-0.39, 0.29) is 17.4 Å². The van der Waals surface area contributed by atoms with Crippen LogP contribution in [-0.4, -0.2) is 40.9 Å². The number of phenolic OH excluding ortho intramolecular Hbond substituents is 1. The second-order valence-electron chi connectivity index (χ2n) is 6.81. The minimum Gasteiger partial charge on any atom is -0.507 e. The van der Waals surface area contributed by atoms with Crippen molar-refractivity contribution in [3.05, 3.63) is 46.8 Å². The summed E-state index contributed by atoms with van der Waals surface area (Å²) >= 11 is 0. The Hall–Kier alpha value is -2.60. The van der Waals surface area contributed by atoms with Crippen molar-refractivity contribution in [1.82, 2.24) is 15.1 Å². The first-order valence-electron chi connectivity index (χ1n) is 8.89. The molecule has 0 spiro atoms. The van der Waals surface area contributed by atoms with E-state index in [9.17, 15) is 9.90 Å². The van der Waals surface area contributed by atoms with Gasteiger partial charge in [-0.15, -0.1) is 0 Å². The quantitative estimate of drug-likeness (QED) is 0.779. The van der Waals surface area contributed by atoms with Crippen LogP contribution < -0.4 is 10.1 Å². The molecule has 2 heterocycles. The zero-order valence-corrected chi connectivity index (χ0v) is 15.5. The van der Waals surface area contributed by atoms with E-state index in [0.29, 0.717) is 24.2 Å². The Morgan fingerprint density at radius 1 is 1.38 bits per heavy atom. The number of aromatic nitrogens is 2. The Kier molecular flexibility index (Phi) is 5.42. The number of ether oxygens (including phenoxy) is 1. The topological polar surface area (TPSA) is 76.4 Å². The fourth-order valence-corrected chi connectivity index (χ4v) is 3.23. The van der Waals surface area contributed by atoms with Crippen LogP contribution in [0.4, 0.5) is 0 Å². The standard InChI is InChI=1S/C20H25N3O3/c1-13(2)23-18(7-9-22-23)16-10-21-8-6-15(16)12-26-19-5-4-14(3)20(25)17(19)11-24/h4-5,7,9,11,13,21,25H,6,8,10,12H2,1-3H3. The number of phenols is 1. The summed E-state index contributed by atoms with van der Waals surface area (Å²) in [6.45, 7) is 7.99. The van der Waals surface area contributed by atoms with Crippen molar-refractivity contribution >= 4 is 11.9 Å². The van der Waals surface area contributed by atoms with Crippen LogP contribution in [0.2, 0.25) is 0 Å². The van der Waals surface area contributed by atoms with Crippen LogP contribution in [0.3, 0.4) is 0 Å². The molecule has 138 valence electrons. The van der Waals surface area contributed by atoms with Gasteiger partial charge in [0.05, 0.1) is 11.3 Å². The fraction of sp³-hybridized carbons (Fsp3) is 0.400. The third kappa shape index (κ3) is 3.51. The number of aromatic hydroxyl groups is 1. The highest BCUT2D eigenvalue weighted by Crippen LogP contribution is 2.31. The molecule has 0 fully saturated rings. The van der Waals surface area contributed by atoms with E-state index in [1.807, 2.05) is 16.9 Å². The van der Waals surface area contributed by atoms with E-state index >= 15 is 0 Å². The summed E-state index contributed by atoms with van der Waals surface area (Å²) in [6, 6.07) is 5.78. The molecule has 1 aromatic heterocycles. The van der Waals surface area contributed by atoms with Crippen molar-refractivity contribution in [2.75, 3.05) is 19.7 Å². The number of benzene rings is 1. The maximum Gasteiger partial charge on any atom is 0.157 e. The lowest BCUT2D eigenvalue weighted by Crippen LogP contribution is -2.27. The molecule has 6 heteroatoms. The summed E-state index contributed by atoms with van der Waals surface area (Å²) in [5, 5.41) is 17.9. The highest BCUT2D eigenvalue weighted by molar-refractivity contribution is 5.84. The average molecular weight is 355 g/mol. The number of aryl methyl sites for hydroxylation is 1. The first-order chi connectivity index (χ1) is 12.5. The van der Waals surface area contributed by atoms with Gasteiger partial charge in [-0.2, -0.15) is 5.10 Å². The highest BCUT2D eigenvalue weighted by Gasteiger charge is 2.20. The maximum absolute atomic E-state index is 11.3. The van der Waals surface area contributed by atoms with Crippen LogP contribution in [0.15, 0.2) is 30.0 Å². The van der Waals surface area contributed by atoms with Gasteiger partial charge in [-0.3, -0.25) is 9.48 Å². The number of hydrogen-bond donors (Lipinski definition) is 2. The molecule has 0 amide bonds. The molecule has 1 aromatic carbocycles. The SMILES string of the molecule is Cc1ccc(OCC2=C(c3ccnn3C(C)C)CNCC2)c(C=O)c1O. The van der Waals surface area contributed by atoms with Crippen molar-refractivity contribution in [2.45, 2.75) is 33.2 Å². The molecule has 2 N–H and O–H groups in total. The summed E-state index contributed by atoms with van der Waals surface area (Å²) in [4.78, 5) is 11.3. The van der Waals surface area contributed by atoms with Crippen LogP contribution in [-0.2, 0) is 0 Å². The predicted molar refractivity (Wildman–Crippen MR) is 101 cm³/mol. The molecule has 3 rings (SSSR count). The van der Waals surface area contributed by atoms with Crippen LogP contribution in [0, 0.1) is 6.92 Å². The molecular formula is C20H25N3O3. The second-order valence-corrected chi connectivity index (χ2v) is 6.81. The number of carbonyl (C=O) groups is 1. The Balaban J connectivity index is 1.90. The maximum atomic E-state index is 11.3. The molecule has 2 aromatic rings. The Morgan fingerprint density at radius 2 is 2.19 bits per heavy atom. The predicted octanol–water partition coefficient (Wildman–Crippen LogP) is 3.12. The normalized spacial score (nSPS) is 14.8. The molecule has 0 radical (unpaired) electrons. The molecule has 0 bridgehead atoms. The van der Waals surface area contributed by atoms with E-state index in [4.69, 9.17) is 4.74 Å². The van der Waals surface area contributed by atoms with E-state index in [1.165, 1.54) is 11.1 Å². The van der Waals surface area contributed by atoms with Crippen LogP contribution in [0.25, 0.3) is 5.57 Å². The molecular weight excluding hydrogens is 330 g/mol. The van der Waals surface area contributed by atoms with Gasteiger partial charge in [0.1, 0.15) is 18.1 Å². The van der Waals surface area contributed by atoms with Gasteiger partial charge in [-0.25, -0.2) is 0 Å². The van der Waals surface area contributed by atoms with Crippen LogP contribution in [0.5, 0.6) is 11.5 Å². The molecule has 1 aliphatic heterocycles. The van der Waals surface area contributed by atoms with E-state index < -0.39 is 0 Å². The van der Waals surface area contributed by atoms with Crippen LogP contribution in [0.1, 0.15) is 47.9 Å². The lowest BCUT2D eigenvalue weighted by Gasteiger charge is -2.23. The van der Waals surface area contributed by atoms with E-state index in [1.54, 1.807) is 19.1 Å². The molecule has 6 nitrogen and oxygen atoms in total. The minimum absolute atomic E-state index is 0.0186. The number of nitrogens with zero attached hydrogens (tertiary/aromatic N) is 2. The lowest BCUT2D eigenvalue weighted by atomic mass is 9.99. The van der Waals surface area contributed by atoms with Gasteiger partial charge in [0.15, 0.2) is 6.29 Å². The molecule has 1 aliphatic rings. The second kappa shape index (κ2) is 7.74. The zero-order chi connectivity index (χ0) is 18.7. The number of aldehydes is 1. The lowest BCUT2D eigenvalue weighted by molar-refractivity contribution is 0.111. The fourth-order valence-electron chi connectivity index (χ4n) is 3.23. The van der Waals surface area contributed by atoms with Gasteiger partial charge < -0.3 is 15.2 Å². The van der Waals surface area contributed by atoms with Gasteiger partial charge in [-0.1, -0.05) is 6.07 Å². The highest BCUT2D eigenvalue weighted by atomic mass is 16.5. The van der Waals surface area contributed by atoms with E-state index in [2.05, 4.69) is 24.3 Å². The summed E-state index contributed by atoms with van der Waals surface area (Å²) in [5.41, 5.74) is 4.32. The largest absolute Gasteiger partial charge is 0.507 e. The zero-order valence-electron chi connectivity index (χ0n) is 15.5. The summed E-state index contributed by atoms with van der Waals surface area (Å²) in [6.07, 6.45) is 3.33. The van der Waals surface area contributed by atoms with Crippen molar-refractivity contribution in [3.8, 4) is 11.5 Å². The summed E-state index contributed by atoms with van der Waals surface area (Å²) in [7, 11) is 0. The van der Waals surface area contributed by atoms with Crippen molar-refractivity contribution in [1.29, 1.82) is 0 Å². The molecule has 0 saturated carbocycles. The molecule has 26 heavy (non-hydrogen) atoms. The number of hydrogen-bond acceptors (Lipinski definition) is 5. The third-order valence-corrected chi connectivity index (χ3v) is 4.70. The van der Waals surface area contributed by atoms with Gasteiger partial charge >= 0.3 is 0 Å². The summed E-state index contributed by atoms with van der Waals surface area (Å²) in [5.74, 6) is 0.390. The number of rotatable bonds is 6. The minimum atomic E-state index is -0.0186. The molecule has 0 atom stereocenters. The number of carbonyl (C=O) groups excluding carboxylic acids is 1.